The Balaban J connectivity index is 1.66. The van der Waals surface area contributed by atoms with Gasteiger partial charge in [0.05, 0.1) is 29.1 Å². The molecule has 2 saturated heterocycles. The fraction of sp³-hybridized carbons (Fsp3) is 0.581. The van der Waals surface area contributed by atoms with E-state index in [0.29, 0.717) is 43.0 Å². The second kappa shape index (κ2) is 15.6. The second-order valence-electron chi connectivity index (χ2n) is 11.7. The molecule has 1 aromatic carbocycles. The number of hydrogen-bond acceptors (Lipinski definition) is 8. The Morgan fingerprint density at radius 3 is 2.51 bits per heavy atom. The van der Waals surface area contributed by atoms with E-state index in [-0.39, 0.29) is 24.3 Å². The van der Waals surface area contributed by atoms with E-state index in [9.17, 15) is 24.4 Å². The highest BCUT2D eigenvalue weighted by Crippen LogP contribution is 2.37. The van der Waals surface area contributed by atoms with Crippen molar-refractivity contribution >= 4 is 46.8 Å². The summed E-state index contributed by atoms with van der Waals surface area (Å²) >= 11 is 1.31. The molecule has 2 aliphatic rings. The topological polar surface area (TPSA) is 147 Å². The van der Waals surface area contributed by atoms with Crippen LogP contribution < -0.4 is 21.3 Å². The number of nitrogens with zero attached hydrogens (tertiary/aromatic N) is 3. The van der Waals surface area contributed by atoms with Gasteiger partial charge in [-0.05, 0) is 57.5 Å². The summed E-state index contributed by atoms with van der Waals surface area (Å²) in [5.74, 6) is 0.195. The van der Waals surface area contributed by atoms with Crippen molar-refractivity contribution in [1.29, 1.82) is 5.26 Å². The lowest BCUT2D eigenvalue weighted by molar-refractivity contribution is -0.131. The number of benzene rings is 1. The predicted octanol–water partition coefficient (Wildman–Crippen LogP) is 2.48. The van der Waals surface area contributed by atoms with E-state index in [2.05, 4.69) is 32.1 Å². The van der Waals surface area contributed by atoms with Crippen molar-refractivity contribution in [3.8, 4) is 18.4 Å². The number of likely N-dealkylation sites (tertiary alicyclic amines) is 1. The molecule has 4 amide bonds. The van der Waals surface area contributed by atoms with Crippen LogP contribution in [0.25, 0.3) is 0 Å². The van der Waals surface area contributed by atoms with E-state index >= 15 is 0 Å². The van der Waals surface area contributed by atoms with Crippen LogP contribution in [-0.2, 0) is 14.4 Å². The third-order valence-corrected chi connectivity index (χ3v) is 8.99. The van der Waals surface area contributed by atoms with Crippen LogP contribution in [0, 0.1) is 35.0 Å². The van der Waals surface area contributed by atoms with E-state index in [1.165, 1.54) is 24.6 Å². The maximum atomic E-state index is 13.1. The van der Waals surface area contributed by atoms with Crippen LogP contribution in [0.15, 0.2) is 18.2 Å². The van der Waals surface area contributed by atoms with Crippen LogP contribution in [0.4, 0.5) is 11.4 Å². The minimum atomic E-state index is -1.04. The minimum Gasteiger partial charge on any atom is -0.385 e. The Kier molecular flexibility index (Phi) is 12.3. The van der Waals surface area contributed by atoms with Crippen molar-refractivity contribution in [2.75, 3.05) is 56.4 Å². The molecular weight excluding hydrogens is 566 g/mol. The Hall–Kier alpha value is -3.74. The Labute approximate surface area is 258 Å². The molecule has 4 N–H and O–H groups in total. The number of hydrogen-bond donors (Lipinski definition) is 4. The number of terminal acetylenes is 1. The van der Waals surface area contributed by atoms with Crippen molar-refractivity contribution in [1.82, 2.24) is 20.4 Å². The molecule has 0 bridgehead atoms. The van der Waals surface area contributed by atoms with E-state index in [4.69, 9.17) is 6.42 Å². The zero-order valence-corrected chi connectivity index (χ0v) is 26.3. The molecule has 12 heteroatoms. The van der Waals surface area contributed by atoms with Gasteiger partial charge in [0.25, 0.3) is 5.91 Å². The smallest absolute Gasteiger partial charge is 0.253 e. The van der Waals surface area contributed by atoms with Crippen LogP contribution in [0.2, 0.25) is 0 Å². The van der Waals surface area contributed by atoms with Gasteiger partial charge in [0.15, 0.2) is 5.92 Å². The lowest BCUT2D eigenvalue weighted by Crippen LogP contribution is -2.44. The van der Waals surface area contributed by atoms with Gasteiger partial charge in [0.1, 0.15) is 5.37 Å². The highest BCUT2D eigenvalue weighted by atomic mass is 32.2. The van der Waals surface area contributed by atoms with Gasteiger partial charge in [-0.3, -0.25) is 19.2 Å². The quantitative estimate of drug-likeness (QED) is 0.250. The van der Waals surface area contributed by atoms with E-state index in [0.717, 1.165) is 19.6 Å². The largest absolute Gasteiger partial charge is 0.385 e. The number of nitrogens with one attached hydrogen (secondary N) is 4. The average molecular weight is 610 g/mol. The number of carbonyl (C=O) groups excluding carboxylic acids is 4. The monoisotopic (exact) mass is 609 g/mol. The van der Waals surface area contributed by atoms with Gasteiger partial charge in [-0.15, -0.1) is 18.2 Å². The summed E-state index contributed by atoms with van der Waals surface area (Å²) in [5, 5.41) is 20.4. The van der Waals surface area contributed by atoms with Gasteiger partial charge in [-0.2, -0.15) is 5.26 Å². The van der Waals surface area contributed by atoms with Crippen LogP contribution in [0.1, 0.15) is 57.3 Å². The van der Waals surface area contributed by atoms with Crippen molar-refractivity contribution in [3.63, 3.8) is 0 Å². The molecule has 0 saturated carbocycles. The standard InChI is InChI=1S/C31H43N7O4S/c1-6-13-34-27(40)23(20-32)29-38(7-2)28(41)25(43-29)12-14-33-21-10-11-22(24(19-21)36-30(42)31(3,4)5)26(39)35-15-18-37-16-8-9-17-37/h1,10-11,19,23,25,29,33H,7-9,12-18H2,2-5H3,(H,34,40)(H,35,39)(H,36,42). The summed E-state index contributed by atoms with van der Waals surface area (Å²) in [6, 6.07) is 7.22. The summed E-state index contributed by atoms with van der Waals surface area (Å²) in [7, 11) is 0. The molecule has 1 aromatic rings. The van der Waals surface area contributed by atoms with E-state index < -0.39 is 27.9 Å². The molecule has 0 radical (unpaired) electrons. The molecule has 2 heterocycles. The SMILES string of the molecule is C#CCNC(=O)C(C#N)C1SC(CCNc2ccc(C(=O)NCCN3CCCC3)c(NC(=O)C(C)(C)C)c2)C(=O)N1CC. The molecule has 11 nitrogen and oxygen atoms in total. The molecular formula is C31H43N7O4S. The highest BCUT2D eigenvalue weighted by Gasteiger charge is 2.45. The fourth-order valence-corrected chi connectivity index (χ4v) is 6.52. The average Bonchev–Trinajstić information content (AvgIpc) is 3.59. The predicted molar refractivity (Wildman–Crippen MR) is 169 cm³/mol. The van der Waals surface area contributed by atoms with Crippen LogP contribution in [-0.4, -0.2) is 89.9 Å². The molecule has 232 valence electrons. The number of thioether (sulfide) groups is 1. The summed E-state index contributed by atoms with van der Waals surface area (Å²) in [4.78, 5) is 55.4. The van der Waals surface area contributed by atoms with Crippen molar-refractivity contribution in [3.05, 3.63) is 23.8 Å². The fourth-order valence-electron chi connectivity index (χ4n) is 4.94. The number of rotatable bonds is 13. The molecule has 0 aromatic heterocycles. The molecule has 0 spiro atoms. The van der Waals surface area contributed by atoms with Crippen molar-refractivity contribution in [2.24, 2.45) is 11.3 Å². The summed E-state index contributed by atoms with van der Waals surface area (Å²) in [5.41, 5.74) is 0.800. The lowest BCUT2D eigenvalue weighted by Gasteiger charge is -2.24. The van der Waals surface area contributed by atoms with Crippen LogP contribution in [0.5, 0.6) is 0 Å². The van der Waals surface area contributed by atoms with Gasteiger partial charge in [0.2, 0.25) is 17.7 Å². The highest BCUT2D eigenvalue weighted by molar-refractivity contribution is 8.01. The van der Waals surface area contributed by atoms with Gasteiger partial charge in [-0.25, -0.2) is 0 Å². The molecule has 2 fully saturated rings. The molecule has 3 unspecified atom stereocenters. The lowest BCUT2D eigenvalue weighted by atomic mass is 9.95. The number of carbonyl (C=O) groups is 4. The maximum absolute atomic E-state index is 13.1. The zero-order valence-electron chi connectivity index (χ0n) is 25.5. The van der Waals surface area contributed by atoms with Gasteiger partial charge in [0, 0.05) is 37.3 Å². The summed E-state index contributed by atoms with van der Waals surface area (Å²) in [6.07, 6.45) is 8.03. The van der Waals surface area contributed by atoms with Crippen LogP contribution >= 0.6 is 11.8 Å². The summed E-state index contributed by atoms with van der Waals surface area (Å²) in [6.45, 7) is 11.4. The minimum absolute atomic E-state index is 0.0130. The third kappa shape index (κ3) is 9.12. The molecule has 43 heavy (non-hydrogen) atoms. The van der Waals surface area contributed by atoms with E-state index in [1.54, 1.807) is 43.9 Å². The van der Waals surface area contributed by atoms with Crippen LogP contribution in [0.3, 0.4) is 0 Å². The Morgan fingerprint density at radius 1 is 1.16 bits per heavy atom. The van der Waals surface area contributed by atoms with E-state index in [1.807, 2.05) is 13.0 Å². The first-order chi connectivity index (χ1) is 20.5. The number of nitriles is 1. The van der Waals surface area contributed by atoms with Gasteiger partial charge < -0.3 is 31.1 Å². The molecule has 3 rings (SSSR count). The number of anilines is 2. The van der Waals surface area contributed by atoms with Crippen molar-refractivity contribution in [2.45, 2.75) is 57.6 Å². The first-order valence-corrected chi connectivity index (χ1v) is 15.7. The molecule has 2 aliphatic heterocycles. The molecule has 0 aliphatic carbocycles. The third-order valence-electron chi connectivity index (χ3n) is 7.42. The van der Waals surface area contributed by atoms with Gasteiger partial charge >= 0.3 is 0 Å². The Bertz CT molecular complexity index is 1260. The van der Waals surface area contributed by atoms with Gasteiger partial charge in [-0.1, -0.05) is 26.7 Å². The maximum Gasteiger partial charge on any atom is 0.253 e. The van der Waals surface area contributed by atoms with Crippen molar-refractivity contribution < 1.29 is 19.2 Å². The molecule has 3 atom stereocenters. The first kappa shape index (κ1) is 33.8. The number of amides is 4. The zero-order chi connectivity index (χ0) is 31.6. The normalized spacial score (nSPS) is 19.3. The Morgan fingerprint density at radius 2 is 1.88 bits per heavy atom. The first-order valence-electron chi connectivity index (χ1n) is 14.8. The second-order valence-corrected chi connectivity index (χ2v) is 13.0. The summed E-state index contributed by atoms with van der Waals surface area (Å²) < 4.78 is 0.